The maximum atomic E-state index is 11.3. The van der Waals surface area contributed by atoms with Gasteiger partial charge in [-0.05, 0) is 6.07 Å². The van der Waals surface area contributed by atoms with Gasteiger partial charge in [0.25, 0.3) is 4.92 Å². The van der Waals surface area contributed by atoms with Crippen LogP contribution in [0, 0.1) is 4.91 Å². The minimum Gasteiger partial charge on any atom is -0.508 e. The first-order valence-electron chi connectivity index (χ1n) is 4.03. The van der Waals surface area contributed by atoms with E-state index in [2.05, 4.69) is 9.57 Å². The second-order valence-electron chi connectivity index (χ2n) is 2.63. The van der Waals surface area contributed by atoms with E-state index in [-0.39, 0.29) is 21.9 Å². The number of rotatable bonds is 3. The monoisotopic (exact) mass is 212 g/mol. The lowest BCUT2D eigenvalue weighted by Crippen LogP contribution is -2.08. The first kappa shape index (κ1) is 11.0. The van der Waals surface area contributed by atoms with E-state index in [4.69, 9.17) is 5.11 Å². The van der Waals surface area contributed by atoms with Crippen LogP contribution in [-0.2, 0) is 9.57 Å². The number of hydrogen-bond acceptors (Lipinski definition) is 5. The van der Waals surface area contributed by atoms with Gasteiger partial charge in [0.1, 0.15) is 11.3 Å². The maximum Gasteiger partial charge on any atom is 0.345 e. The number of hydrogen-bond donors (Lipinski definition) is 1. The Morgan fingerprint density at radius 2 is 2.07 bits per heavy atom. The van der Waals surface area contributed by atoms with Crippen LogP contribution in [0.1, 0.15) is 10.4 Å². The summed E-state index contributed by atoms with van der Waals surface area (Å²) in [5.74, 6) is -0.859. The second-order valence-corrected chi connectivity index (χ2v) is 2.63. The number of methoxy groups -OCH3 is 1. The van der Waals surface area contributed by atoms with Crippen molar-refractivity contribution >= 4 is 11.7 Å². The van der Waals surface area contributed by atoms with Gasteiger partial charge in [0, 0.05) is 12.1 Å². The van der Waals surface area contributed by atoms with Crippen molar-refractivity contribution in [2.45, 2.75) is 0 Å². The number of carbonyl (C=O) groups is 1. The zero-order valence-electron chi connectivity index (χ0n) is 8.26. The van der Waals surface area contributed by atoms with Crippen molar-refractivity contribution in [3.05, 3.63) is 28.7 Å². The van der Waals surface area contributed by atoms with Gasteiger partial charge in [-0.3, -0.25) is 0 Å². The highest BCUT2D eigenvalue weighted by atomic mass is 16.8. The van der Waals surface area contributed by atoms with Crippen molar-refractivity contribution in [1.82, 2.24) is 0 Å². The zero-order valence-corrected chi connectivity index (χ0v) is 8.26. The van der Waals surface area contributed by atoms with E-state index in [1.807, 2.05) is 0 Å². The number of aromatic hydroxyl groups is 1. The van der Waals surface area contributed by atoms with Crippen molar-refractivity contribution in [3.8, 4) is 5.75 Å². The Balaban J connectivity index is 3.26. The Morgan fingerprint density at radius 3 is 2.60 bits per heavy atom. The molecular weight excluding hydrogens is 202 g/mol. The van der Waals surface area contributed by atoms with E-state index >= 15 is 0 Å². The SMILES string of the molecule is COC(=O)c1cc(O)ccc1[N+](=O)OC. The van der Waals surface area contributed by atoms with Crippen LogP contribution in [0.15, 0.2) is 18.2 Å². The second kappa shape index (κ2) is 4.41. The Kier molecular flexibility index (Phi) is 3.22. The predicted octanol–water partition coefficient (Wildman–Crippen LogP) is 1.15. The summed E-state index contributed by atoms with van der Waals surface area (Å²) in [4.78, 5) is 27.0. The number of esters is 1. The lowest BCUT2D eigenvalue weighted by atomic mass is 10.2. The summed E-state index contributed by atoms with van der Waals surface area (Å²) in [7, 11) is 2.35. The van der Waals surface area contributed by atoms with Gasteiger partial charge < -0.3 is 9.84 Å². The summed E-state index contributed by atoms with van der Waals surface area (Å²) in [5.41, 5.74) is -0.0866. The molecule has 0 saturated heterocycles. The van der Waals surface area contributed by atoms with Gasteiger partial charge >= 0.3 is 11.7 Å². The average Bonchev–Trinajstić information content (AvgIpc) is 2.26. The average molecular weight is 212 g/mol. The number of phenols is 1. The molecule has 6 heteroatoms. The molecule has 0 heterocycles. The van der Waals surface area contributed by atoms with Crippen molar-refractivity contribution in [3.63, 3.8) is 0 Å². The topological polar surface area (TPSA) is 75.8 Å². The van der Waals surface area contributed by atoms with Crippen LogP contribution in [0.2, 0.25) is 0 Å². The van der Waals surface area contributed by atoms with Crippen molar-refractivity contribution < 1.29 is 24.4 Å². The molecule has 80 valence electrons. The van der Waals surface area contributed by atoms with Gasteiger partial charge in [0.05, 0.1) is 12.0 Å². The Hall–Kier alpha value is -2.11. The molecule has 0 bridgehead atoms. The summed E-state index contributed by atoms with van der Waals surface area (Å²) in [6.07, 6.45) is 0. The number of phenolic OH excluding ortho intramolecular Hbond substituents is 1. The third kappa shape index (κ3) is 2.22. The molecule has 0 aliphatic carbocycles. The lowest BCUT2D eigenvalue weighted by Gasteiger charge is -1.99. The van der Waals surface area contributed by atoms with Crippen molar-refractivity contribution in [2.24, 2.45) is 0 Å². The molecule has 15 heavy (non-hydrogen) atoms. The Labute approximate surface area is 85.6 Å². The molecule has 0 atom stereocenters. The van der Waals surface area contributed by atoms with E-state index in [0.29, 0.717) is 0 Å². The summed E-state index contributed by atoms with van der Waals surface area (Å²) < 4.78 is 4.46. The molecule has 0 spiro atoms. The third-order valence-corrected chi connectivity index (χ3v) is 1.75. The molecule has 0 radical (unpaired) electrons. The normalized spacial score (nSPS) is 9.47. The molecule has 0 amide bonds. The van der Waals surface area contributed by atoms with Gasteiger partial charge in [-0.25, -0.2) is 9.63 Å². The first-order chi connectivity index (χ1) is 7.10. The number of nitrogens with zero attached hydrogens (tertiary/aromatic N) is 1. The van der Waals surface area contributed by atoms with Crippen LogP contribution in [0.5, 0.6) is 5.75 Å². The number of benzene rings is 1. The van der Waals surface area contributed by atoms with E-state index in [1.165, 1.54) is 26.4 Å². The van der Waals surface area contributed by atoms with Crippen LogP contribution in [0.4, 0.5) is 5.69 Å². The molecule has 0 aliphatic heterocycles. The van der Waals surface area contributed by atoms with Gasteiger partial charge in [-0.2, -0.15) is 0 Å². The highest BCUT2D eigenvalue weighted by Gasteiger charge is 2.26. The zero-order chi connectivity index (χ0) is 11.4. The minimum atomic E-state index is -0.723. The molecule has 1 rings (SSSR count). The third-order valence-electron chi connectivity index (χ3n) is 1.75. The largest absolute Gasteiger partial charge is 0.508 e. The van der Waals surface area contributed by atoms with Crippen molar-refractivity contribution in [1.29, 1.82) is 0 Å². The molecule has 0 unspecified atom stereocenters. The molecule has 1 N–H and O–H groups in total. The standard InChI is InChI=1S/C9H9NO5/c1-14-9(12)7-5-6(11)3-4-8(7)10(13)15-2/h3-5H,1-2H3/p+1. The molecule has 1 aromatic carbocycles. The van der Waals surface area contributed by atoms with E-state index < -0.39 is 5.97 Å². The summed E-state index contributed by atoms with van der Waals surface area (Å²) >= 11 is 0. The number of ether oxygens (including phenoxy) is 1. The fourth-order valence-electron chi connectivity index (χ4n) is 1.06. The molecule has 0 aliphatic rings. The van der Waals surface area contributed by atoms with Crippen molar-refractivity contribution in [2.75, 3.05) is 14.2 Å². The van der Waals surface area contributed by atoms with E-state index in [9.17, 15) is 9.70 Å². The van der Waals surface area contributed by atoms with Gasteiger partial charge in [0.2, 0.25) is 0 Å². The van der Waals surface area contributed by atoms with Crippen LogP contribution in [0.3, 0.4) is 0 Å². The van der Waals surface area contributed by atoms with Crippen LogP contribution in [0.25, 0.3) is 0 Å². The Morgan fingerprint density at radius 1 is 1.40 bits per heavy atom. The highest BCUT2D eigenvalue weighted by molar-refractivity contribution is 5.94. The lowest BCUT2D eigenvalue weighted by molar-refractivity contribution is -0.736. The smallest absolute Gasteiger partial charge is 0.345 e. The molecule has 6 nitrogen and oxygen atoms in total. The van der Waals surface area contributed by atoms with E-state index in [0.717, 1.165) is 6.07 Å². The predicted molar refractivity (Wildman–Crippen MR) is 49.7 cm³/mol. The molecule has 0 fully saturated rings. The van der Waals surface area contributed by atoms with Gasteiger partial charge in [-0.1, -0.05) is 0 Å². The van der Waals surface area contributed by atoms with Crippen LogP contribution >= 0.6 is 0 Å². The van der Waals surface area contributed by atoms with Crippen LogP contribution < -0.4 is 0 Å². The summed E-state index contributed by atoms with van der Waals surface area (Å²) in [6.45, 7) is 0. The molecule has 1 aromatic rings. The quantitative estimate of drug-likeness (QED) is 0.600. The van der Waals surface area contributed by atoms with Crippen LogP contribution in [-0.4, -0.2) is 30.2 Å². The van der Waals surface area contributed by atoms with Gasteiger partial charge in [-0.15, -0.1) is 0 Å². The Bertz CT molecular complexity index is 401. The fourth-order valence-corrected chi connectivity index (χ4v) is 1.06. The molecule has 0 aromatic heterocycles. The first-order valence-corrected chi connectivity index (χ1v) is 4.03. The highest BCUT2D eigenvalue weighted by Crippen LogP contribution is 2.24. The fraction of sp³-hybridized carbons (Fsp3) is 0.222. The van der Waals surface area contributed by atoms with Gasteiger partial charge in [0.15, 0.2) is 7.11 Å². The minimum absolute atomic E-state index is 0.0258. The molecular formula is C9H10NO5+. The number of carbonyl (C=O) groups excluding carboxylic acids is 1. The summed E-state index contributed by atoms with van der Waals surface area (Å²) in [6, 6.07) is 3.66. The van der Waals surface area contributed by atoms with E-state index in [1.54, 1.807) is 0 Å². The molecule has 0 saturated carbocycles. The summed E-state index contributed by atoms with van der Waals surface area (Å²) in [5, 5.41) is 9.17. The maximum absolute atomic E-state index is 11.3.